The van der Waals surface area contributed by atoms with Crippen molar-refractivity contribution < 1.29 is 12.9 Å². The summed E-state index contributed by atoms with van der Waals surface area (Å²) >= 11 is 1.21. The molecule has 1 N–H and O–H groups in total. The summed E-state index contributed by atoms with van der Waals surface area (Å²) in [5, 5.41) is 5.42. The molecular formula is C14H18N2O3S2. The Bertz CT molecular complexity index is 669. The van der Waals surface area contributed by atoms with E-state index < -0.39 is 10.0 Å². The molecule has 0 saturated heterocycles. The lowest BCUT2D eigenvalue weighted by Gasteiger charge is -2.15. The molecule has 0 spiro atoms. The molecule has 0 bridgehead atoms. The second-order valence-corrected chi connectivity index (χ2v) is 8.19. The number of rotatable bonds is 4. The number of hydrogen-bond acceptors (Lipinski definition) is 5. The molecule has 1 aliphatic rings. The van der Waals surface area contributed by atoms with Crippen molar-refractivity contribution in [2.75, 3.05) is 0 Å². The Morgan fingerprint density at radius 2 is 2.00 bits per heavy atom. The van der Waals surface area contributed by atoms with Crippen LogP contribution in [0.3, 0.4) is 0 Å². The van der Waals surface area contributed by atoms with Crippen LogP contribution in [0.4, 0.5) is 0 Å². The zero-order valence-electron chi connectivity index (χ0n) is 11.6. The van der Waals surface area contributed by atoms with Gasteiger partial charge in [-0.3, -0.25) is 0 Å². The lowest BCUT2D eigenvalue weighted by Crippen LogP contribution is -2.33. The zero-order valence-corrected chi connectivity index (χ0v) is 13.3. The number of nitrogens with zero attached hydrogens (tertiary/aromatic N) is 1. The summed E-state index contributed by atoms with van der Waals surface area (Å²) in [6, 6.07) is 3.43. The molecule has 5 nitrogen and oxygen atoms in total. The average molecular weight is 326 g/mol. The van der Waals surface area contributed by atoms with Crippen LogP contribution in [-0.4, -0.2) is 19.6 Å². The fourth-order valence-corrected chi connectivity index (χ4v) is 5.12. The molecule has 114 valence electrons. The van der Waals surface area contributed by atoms with Crippen LogP contribution in [0.25, 0.3) is 11.3 Å². The Balaban J connectivity index is 1.75. The largest absolute Gasteiger partial charge is 0.356 e. The van der Waals surface area contributed by atoms with Gasteiger partial charge in [0, 0.05) is 23.1 Å². The van der Waals surface area contributed by atoms with E-state index in [-0.39, 0.29) is 6.04 Å². The van der Waals surface area contributed by atoms with Crippen molar-refractivity contribution in [3.63, 3.8) is 0 Å². The molecule has 0 aliphatic heterocycles. The molecule has 0 amide bonds. The quantitative estimate of drug-likeness (QED) is 0.874. The number of thiophene rings is 1. The first kappa shape index (κ1) is 14.7. The molecule has 3 rings (SSSR count). The van der Waals surface area contributed by atoms with Crippen molar-refractivity contribution >= 4 is 21.4 Å². The molecule has 2 heterocycles. The Morgan fingerprint density at radius 3 is 2.67 bits per heavy atom. The predicted molar refractivity (Wildman–Crippen MR) is 81.6 cm³/mol. The highest BCUT2D eigenvalue weighted by molar-refractivity contribution is 7.91. The third-order valence-corrected chi connectivity index (χ3v) is 6.70. The van der Waals surface area contributed by atoms with E-state index in [0.717, 1.165) is 31.2 Å². The smallest absolute Gasteiger partial charge is 0.250 e. The van der Waals surface area contributed by atoms with Gasteiger partial charge in [-0.25, -0.2) is 13.1 Å². The SMILES string of the molecule is O=S(=O)(NC1CCCCCC1)c1cc(-c2ccno2)cs1. The topological polar surface area (TPSA) is 72.2 Å². The minimum absolute atomic E-state index is 0.0633. The second-order valence-electron chi connectivity index (χ2n) is 5.34. The van der Waals surface area contributed by atoms with Gasteiger partial charge in [-0.1, -0.05) is 30.8 Å². The highest BCUT2D eigenvalue weighted by Gasteiger charge is 2.23. The Labute approximate surface area is 128 Å². The number of nitrogens with one attached hydrogen (secondary N) is 1. The highest BCUT2D eigenvalue weighted by Crippen LogP contribution is 2.29. The summed E-state index contributed by atoms with van der Waals surface area (Å²) in [4.78, 5) is 0. The molecule has 0 radical (unpaired) electrons. The van der Waals surface area contributed by atoms with Crippen LogP contribution in [0.2, 0.25) is 0 Å². The van der Waals surface area contributed by atoms with Gasteiger partial charge in [0.05, 0.1) is 6.20 Å². The lowest BCUT2D eigenvalue weighted by atomic mass is 10.1. The van der Waals surface area contributed by atoms with Crippen LogP contribution < -0.4 is 4.72 Å². The number of aromatic nitrogens is 1. The lowest BCUT2D eigenvalue weighted by molar-refractivity contribution is 0.432. The Morgan fingerprint density at radius 1 is 1.24 bits per heavy atom. The molecule has 7 heteroatoms. The molecule has 1 saturated carbocycles. The minimum atomic E-state index is -3.44. The van der Waals surface area contributed by atoms with Crippen molar-refractivity contribution in [2.45, 2.75) is 48.8 Å². The van der Waals surface area contributed by atoms with Crippen LogP contribution >= 0.6 is 11.3 Å². The summed E-state index contributed by atoms with van der Waals surface area (Å²) in [6.45, 7) is 0. The molecule has 21 heavy (non-hydrogen) atoms. The van der Waals surface area contributed by atoms with Crippen molar-refractivity contribution in [1.82, 2.24) is 9.88 Å². The van der Waals surface area contributed by atoms with Gasteiger partial charge in [0.25, 0.3) is 0 Å². The van der Waals surface area contributed by atoms with Gasteiger partial charge in [-0.05, 0) is 18.9 Å². The Kier molecular flexibility index (Phi) is 4.42. The van der Waals surface area contributed by atoms with E-state index in [2.05, 4.69) is 9.88 Å². The van der Waals surface area contributed by atoms with E-state index in [9.17, 15) is 8.42 Å². The summed E-state index contributed by atoms with van der Waals surface area (Å²) in [6.07, 6.45) is 8.01. The van der Waals surface area contributed by atoms with E-state index in [1.54, 1.807) is 23.7 Å². The summed E-state index contributed by atoms with van der Waals surface area (Å²) in [5.74, 6) is 0.585. The maximum Gasteiger partial charge on any atom is 0.250 e. The van der Waals surface area contributed by atoms with Crippen molar-refractivity contribution in [2.24, 2.45) is 0 Å². The summed E-state index contributed by atoms with van der Waals surface area (Å²) in [7, 11) is -3.44. The van der Waals surface area contributed by atoms with Crippen LogP contribution in [-0.2, 0) is 10.0 Å². The van der Waals surface area contributed by atoms with Crippen molar-refractivity contribution in [1.29, 1.82) is 0 Å². The Hall–Kier alpha value is -1.18. The normalized spacial score (nSPS) is 17.7. The maximum absolute atomic E-state index is 12.4. The van der Waals surface area contributed by atoms with E-state index >= 15 is 0 Å². The van der Waals surface area contributed by atoms with E-state index in [0.29, 0.717) is 9.97 Å². The van der Waals surface area contributed by atoms with Gasteiger partial charge in [-0.2, -0.15) is 0 Å². The number of sulfonamides is 1. The molecular weight excluding hydrogens is 308 g/mol. The third-order valence-electron chi connectivity index (χ3n) is 3.74. The highest BCUT2D eigenvalue weighted by atomic mass is 32.2. The fraction of sp³-hybridized carbons (Fsp3) is 0.500. The number of hydrogen-bond donors (Lipinski definition) is 1. The summed E-state index contributed by atoms with van der Waals surface area (Å²) in [5.41, 5.74) is 0.749. The molecule has 1 fully saturated rings. The second kappa shape index (κ2) is 6.29. The fourth-order valence-electron chi connectivity index (χ4n) is 2.63. The molecule has 2 aromatic heterocycles. The first-order chi connectivity index (χ1) is 10.1. The van der Waals surface area contributed by atoms with E-state index in [1.807, 2.05) is 0 Å². The van der Waals surface area contributed by atoms with Crippen molar-refractivity contribution in [3.05, 3.63) is 23.7 Å². The van der Waals surface area contributed by atoms with E-state index in [1.165, 1.54) is 24.2 Å². The van der Waals surface area contributed by atoms with Crippen LogP contribution in [0, 0.1) is 0 Å². The van der Waals surface area contributed by atoms with Crippen LogP contribution in [0.1, 0.15) is 38.5 Å². The van der Waals surface area contributed by atoms with Crippen molar-refractivity contribution in [3.8, 4) is 11.3 Å². The predicted octanol–water partition coefficient (Wildman–Crippen LogP) is 3.40. The monoisotopic (exact) mass is 326 g/mol. The van der Waals surface area contributed by atoms with Gasteiger partial charge in [0.2, 0.25) is 10.0 Å². The van der Waals surface area contributed by atoms with Crippen LogP contribution in [0.5, 0.6) is 0 Å². The van der Waals surface area contributed by atoms with Gasteiger partial charge in [0.1, 0.15) is 4.21 Å². The minimum Gasteiger partial charge on any atom is -0.356 e. The zero-order chi connectivity index (χ0) is 14.7. The first-order valence-corrected chi connectivity index (χ1v) is 9.53. The summed E-state index contributed by atoms with van der Waals surface area (Å²) < 4.78 is 33.1. The van der Waals surface area contributed by atoms with Gasteiger partial charge >= 0.3 is 0 Å². The molecule has 1 aliphatic carbocycles. The van der Waals surface area contributed by atoms with Gasteiger partial charge in [-0.15, -0.1) is 11.3 Å². The molecule has 0 atom stereocenters. The molecule has 2 aromatic rings. The molecule has 0 aromatic carbocycles. The maximum atomic E-state index is 12.4. The van der Waals surface area contributed by atoms with E-state index in [4.69, 9.17) is 4.52 Å². The molecule has 0 unspecified atom stereocenters. The average Bonchev–Trinajstić information content (AvgIpc) is 3.07. The first-order valence-electron chi connectivity index (χ1n) is 7.17. The van der Waals surface area contributed by atoms with Gasteiger partial charge in [0.15, 0.2) is 5.76 Å². The van der Waals surface area contributed by atoms with Gasteiger partial charge < -0.3 is 4.52 Å². The third kappa shape index (κ3) is 3.53. The van der Waals surface area contributed by atoms with Crippen LogP contribution in [0.15, 0.2) is 32.4 Å². The standard InChI is InChI=1S/C14H18N2O3S2/c17-21(18,16-12-5-3-1-2-4-6-12)14-9-11(10-20-14)13-7-8-15-19-13/h7-10,12,16H,1-6H2.